The third-order valence-electron chi connectivity index (χ3n) is 1.88. The zero-order chi connectivity index (χ0) is 12.3. The molecular formula is C9H7BrF2INO2. The van der Waals surface area contributed by atoms with Gasteiger partial charge in [-0.15, -0.1) is 0 Å². The van der Waals surface area contributed by atoms with Crippen LogP contribution in [-0.4, -0.2) is 18.1 Å². The molecule has 0 fully saturated rings. The number of carbonyl (C=O) groups excluding carboxylic acids is 1. The Labute approximate surface area is 113 Å². The second kappa shape index (κ2) is 5.85. The molecule has 3 nitrogen and oxygen atoms in total. The van der Waals surface area contributed by atoms with Crippen LogP contribution in [-0.2, 0) is 16.0 Å². The summed E-state index contributed by atoms with van der Waals surface area (Å²) in [5.74, 6) is -0.572. The number of hydrogen-bond donors (Lipinski definition) is 0. The second-order valence-corrected chi connectivity index (χ2v) is 4.67. The fourth-order valence-electron chi connectivity index (χ4n) is 1.12. The number of rotatable bonds is 3. The Morgan fingerprint density at radius 3 is 2.81 bits per heavy atom. The topological polar surface area (TPSA) is 39.2 Å². The zero-order valence-electron chi connectivity index (χ0n) is 8.14. The third-order valence-corrected chi connectivity index (χ3v) is 4.24. The van der Waals surface area contributed by atoms with Crippen LogP contribution >= 0.6 is 38.5 Å². The number of nitrogens with zero attached hydrogens (tertiary/aromatic N) is 1. The minimum Gasteiger partial charge on any atom is -0.469 e. The first-order valence-corrected chi connectivity index (χ1v) is 6.02. The van der Waals surface area contributed by atoms with Crippen molar-refractivity contribution in [2.75, 3.05) is 7.11 Å². The molecule has 0 radical (unpaired) electrons. The maximum absolute atomic E-state index is 12.8. The highest BCUT2D eigenvalue weighted by atomic mass is 127. The lowest BCUT2D eigenvalue weighted by atomic mass is 10.1. The normalized spacial score (nSPS) is 10.6. The fraction of sp³-hybridized carbons (Fsp3) is 0.333. The van der Waals surface area contributed by atoms with Crippen LogP contribution in [0.5, 0.6) is 0 Å². The van der Waals surface area contributed by atoms with Gasteiger partial charge in [0.2, 0.25) is 0 Å². The molecular weight excluding hydrogens is 399 g/mol. The van der Waals surface area contributed by atoms with E-state index < -0.39 is 12.4 Å². The van der Waals surface area contributed by atoms with Crippen molar-refractivity contribution in [3.05, 3.63) is 25.5 Å². The predicted molar refractivity (Wildman–Crippen MR) is 65.3 cm³/mol. The van der Waals surface area contributed by atoms with Crippen molar-refractivity contribution in [3.8, 4) is 0 Å². The van der Waals surface area contributed by atoms with Crippen molar-refractivity contribution >= 4 is 44.5 Å². The molecule has 0 N–H and O–H groups in total. The fourth-order valence-corrected chi connectivity index (χ4v) is 2.08. The van der Waals surface area contributed by atoms with Gasteiger partial charge in [-0.1, -0.05) is 0 Å². The quantitative estimate of drug-likeness (QED) is 0.440. The number of ether oxygens (including phenoxy) is 1. The monoisotopic (exact) mass is 405 g/mol. The Hall–Kier alpha value is -0.310. The predicted octanol–water partition coefficient (Wildman–Crippen LogP) is 3.10. The van der Waals surface area contributed by atoms with Crippen LogP contribution < -0.4 is 0 Å². The molecule has 88 valence electrons. The van der Waals surface area contributed by atoms with Gasteiger partial charge in [0.25, 0.3) is 6.43 Å². The van der Waals surface area contributed by atoms with Gasteiger partial charge in [0.05, 0.1) is 18.0 Å². The van der Waals surface area contributed by atoms with Crippen LogP contribution in [0.2, 0.25) is 0 Å². The van der Waals surface area contributed by atoms with E-state index in [4.69, 9.17) is 0 Å². The summed E-state index contributed by atoms with van der Waals surface area (Å²) < 4.78 is 30.7. The first-order chi connectivity index (χ1) is 7.47. The van der Waals surface area contributed by atoms with E-state index in [0.29, 0.717) is 3.70 Å². The minimum absolute atomic E-state index is 0.175. The average Bonchev–Trinajstić information content (AvgIpc) is 2.23. The summed E-state index contributed by atoms with van der Waals surface area (Å²) in [6.07, 6.45) is -1.60. The summed E-state index contributed by atoms with van der Waals surface area (Å²) in [4.78, 5) is 14.9. The van der Waals surface area contributed by atoms with E-state index in [9.17, 15) is 13.6 Å². The SMILES string of the molecule is COC(=O)Cc1cnc(I)c(Br)c1C(F)F. The second-order valence-electron chi connectivity index (χ2n) is 2.86. The summed E-state index contributed by atoms with van der Waals surface area (Å²) in [5, 5.41) is 0. The van der Waals surface area contributed by atoms with Crippen molar-refractivity contribution in [2.45, 2.75) is 12.8 Å². The molecule has 0 amide bonds. The van der Waals surface area contributed by atoms with E-state index in [-0.39, 0.29) is 22.0 Å². The molecule has 0 unspecified atom stereocenters. The Morgan fingerprint density at radius 1 is 1.69 bits per heavy atom. The zero-order valence-corrected chi connectivity index (χ0v) is 11.9. The molecule has 1 aromatic heterocycles. The highest BCUT2D eigenvalue weighted by molar-refractivity contribution is 14.1. The van der Waals surface area contributed by atoms with Gasteiger partial charge in [-0.2, -0.15) is 0 Å². The van der Waals surface area contributed by atoms with Crippen molar-refractivity contribution in [1.82, 2.24) is 4.98 Å². The lowest BCUT2D eigenvalue weighted by molar-refractivity contribution is -0.139. The van der Waals surface area contributed by atoms with E-state index in [1.54, 1.807) is 0 Å². The van der Waals surface area contributed by atoms with Crippen molar-refractivity contribution < 1.29 is 18.3 Å². The molecule has 1 rings (SSSR count). The first-order valence-electron chi connectivity index (χ1n) is 4.15. The van der Waals surface area contributed by atoms with Crippen LogP contribution in [0.25, 0.3) is 0 Å². The van der Waals surface area contributed by atoms with Gasteiger partial charge in [0.15, 0.2) is 0 Å². The molecule has 1 heterocycles. The van der Waals surface area contributed by atoms with Crippen molar-refractivity contribution in [1.29, 1.82) is 0 Å². The Bertz CT molecular complexity index is 415. The number of esters is 1. The lowest BCUT2D eigenvalue weighted by Gasteiger charge is -2.10. The first kappa shape index (κ1) is 13.8. The van der Waals surface area contributed by atoms with E-state index in [1.165, 1.54) is 13.3 Å². The molecule has 0 aliphatic rings. The Morgan fingerprint density at radius 2 is 2.31 bits per heavy atom. The van der Waals surface area contributed by atoms with Gasteiger partial charge in [0.1, 0.15) is 3.70 Å². The molecule has 7 heteroatoms. The van der Waals surface area contributed by atoms with E-state index >= 15 is 0 Å². The van der Waals surface area contributed by atoms with Gasteiger partial charge < -0.3 is 4.74 Å². The van der Waals surface area contributed by atoms with Gasteiger partial charge in [-0.25, -0.2) is 13.8 Å². The Kier molecular flexibility index (Phi) is 5.03. The largest absolute Gasteiger partial charge is 0.469 e. The summed E-state index contributed by atoms with van der Waals surface area (Å²) >= 11 is 4.88. The highest BCUT2D eigenvalue weighted by Gasteiger charge is 2.21. The molecule has 16 heavy (non-hydrogen) atoms. The number of pyridine rings is 1. The average molecular weight is 406 g/mol. The molecule has 0 aliphatic heterocycles. The van der Waals surface area contributed by atoms with Gasteiger partial charge >= 0.3 is 5.97 Å². The van der Waals surface area contributed by atoms with Crippen molar-refractivity contribution in [3.63, 3.8) is 0 Å². The van der Waals surface area contributed by atoms with Crippen LogP contribution in [0.15, 0.2) is 10.7 Å². The number of aromatic nitrogens is 1. The number of alkyl halides is 2. The van der Waals surface area contributed by atoms with Crippen LogP contribution in [0.1, 0.15) is 17.6 Å². The van der Waals surface area contributed by atoms with Crippen LogP contribution in [0.4, 0.5) is 8.78 Å². The summed E-state index contributed by atoms with van der Waals surface area (Å²) in [6.45, 7) is 0. The number of methoxy groups -OCH3 is 1. The van der Waals surface area contributed by atoms with E-state index in [1.807, 2.05) is 22.6 Å². The maximum Gasteiger partial charge on any atom is 0.310 e. The third kappa shape index (κ3) is 3.09. The van der Waals surface area contributed by atoms with Gasteiger partial charge in [0, 0.05) is 11.8 Å². The molecule has 1 aromatic rings. The van der Waals surface area contributed by atoms with Crippen LogP contribution in [0.3, 0.4) is 0 Å². The molecule has 0 bridgehead atoms. The number of carbonyl (C=O) groups is 1. The smallest absolute Gasteiger partial charge is 0.310 e. The molecule has 0 saturated carbocycles. The lowest BCUT2D eigenvalue weighted by Crippen LogP contribution is -2.09. The van der Waals surface area contributed by atoms with Gasteiger partial charge in [-0.3, -0.25) is 4.79 Å². The molecule has 0 saturated heterocycles. The number of hydrogen-bond acceptors (Lipinski definition) is 3. The molecule has 0 spiro atoms. The molecule has 0 atom stereocenters. The number of halogens is 4. The van der Waals surface area contributed by atoms with Gasteiger partial charge in [-0.05, 0) is 44.1 Å². The molecule has 0 aliphatic carbocycles. The minimum atomic E-state index is -2.66. The summed E-state index contributed by atoms with van der Waals surface area (Å²) in [7, 11) is 1.21. The van der Waals surface area contributed by atoms with Crippen LogP contribution in [0, 0.1) is 3.70 Å². The molecule has 0 aromatic carbocycles. The summed E-state index contributed by atoms with van der Waals surface area (Å²) in [5.41, 5.74) is -0.0288. The summed E-state index contributed by atoms with van der Waals surface area (Å²) in [6, 6.07) is 0. The van der Waals surface area contributed by atoms with Crippen molar-refractivity contribution in [2.24, 2.45) is 0 Å². The van der Waals surface area contributed by atoms with E-state index in [0.717, 1.165) is 0 Å². The van der Waals surface area contributed by atoms with E-state index in [2.05, 4.69) is 25.7 Å². The maximum atomic E-state index is 12.8. The standard InChI is InChI=1S/C9H7BrF2INO2/c1-16-5(15)2-4-3-14-9(13)7(10)6(4)8(11)12/h3,8H,2H2,1H3. The highest BCUT2D eigenvalue weighted by Crippen LogP contribution is 2.33. The Balaban J connectivity index is 3.18.